The normalized spacial score (nSPS) is 14.2. The van der Waals surface area contributed by atoms with Crippen LogP contribution in [-0.4, -0.2) is 32.1 Å². The third-order valence-electron chi connectivity index (χ3n) is 1.82. The number of hydrogen-bond acceptors (Lipinski definition) is 5. The van der Waals surface area contributed by atoms with Gasteiger partial charge in [-0.2, -0.15) is 0 Å². The first-order chi connectivity index (χ1) is 8.46. The van der Waals surface area contributed by atoms with Crippen LogP contribution in [0.2, 0.25) is 0 Å². The molecule has 0 aliphatic heterocycles. The smallest absolute Gasteiger partial charge is 0.110 e. The Hall–Kier alpha value is 1.94. The Kier molecular flexibility index (Phi) is 12.8. The van der Waals surface area contributed by atoms with E-state index in [1.165, 1.54) is 12.8 Å². The molecule has 0 aromatic heterocycles. The monoisotopic (exact) mass is 379 g/mol. The van der Waals surface area contributed by atoms with Crippen molar-refractivity contribution in [1.29, 1.82) is 0 Å². The zero-order chi connectivity index (χ0) is 14.0. The van der Waals surface area contributed by atoms with E-state index in [0.717, 1.165) is 28.4 Å². The Morgan fingerprint density at radius 3 is 2.06 bits per heavy atom. The highest BCUT2D eigenvalue weighted by molar-refractivity contribution is 8.96. The van der Waals surface area contributed by atoms with Crippen LogP contribution >= 0.6 is 64.2 Å². The second kappa shape index (κ2) is 11.6. The highest BCUT2D eigenvalue weighted by atomic mass is 33.2. The molecule has 0 saturated heterocycles. The van der Waals surface area contributed by atoms with E-state index in [1.807, 2.05) is 23.9 Å². The number of hydrogen-bond donors (Lipinski definition) is 1. The fraction of sp³-hybridized carbons (Fsp3) is 0.900. The van der Waals surface area contributed by atoms with Crippen LogP contribution in [-0.2, 0) is 11.8 Å². The quantitative estimate of drug-likeness (QED) is 0.222. The Bertz CT molecular complexity index is 278. The molecule has 0 bridgehead atoms. The summed E-state index contributed by atoms with van der Waals surface area (Å²) in [7, 11) is 0. The van der Waals surface area contributed by atoms with Gasteiger partial charge in [0.25, 0.3) is 0 Å². The van der Waals surface area contributed by atoms with Crippen molar-refractivity contribution in [3.05, 3.63) is 0 Å². The molecular formula is C10H22NPS6. The maximum absolute atomic E-state index is 5.52. The highest BCUT2D eigenvalue weighted by Crippen LogP contribution is 2.62. The lowest BCUT2D eigenvalue weighted by molar-refractivity contribution is 1.05. The minimum atomic E-state index is -1.51. The van der Waals surface area contributed by atoms with Gasteiger partial charge in [0.1, 0.15) is 4.99 Å². The predicted octanol–water partition coefficient (Wildman–Crippen LogP) is 5.72. The van der Waals surface area contributed by atoms with E-state index in [2.05, 4.69) is 36.7 Å². The van der Waals surface area contributed by atoms with Crippen LogP contribution in [0.4, 0.5) is 0 Å². The largest absolute Gasteiger partial charge is 0.251 e. The van der Waals surface area contributed by atoms with Crippen LogP contribution in [0.3, 0.4) is 0 Å². The first-order valence-corrected chi connectivity index (χ1v) is 14.0. The molecule has 0 aromatic rings. The van der Waals surface area contributed by atoms with Gasteiger partial charge in [-0.05, 0) is 42.9 Å². The molecule has 0 N–H and O–H groups in total. The predicted molar refractivity (Wildman–Crippen MR) is 106 cm³/mol. The van der Waals surface area contributed by atoms with Gasteiger partial charge in [-0.1, -0.05) is 44.8 Å². The van der Waals surface area contributed by atoms with Crippen LogP contribution < -0.4 is 0 Å². The van der Waals surface area contributed by atoms with Gasteiger partial charge < -0.3 is 0 Å². The molecule has 0 aliphatic rings. The van der Waals surface area contributed by atoms with Gasteiger partial charge in [0.05, 0.1) is 10.2 Å². The van der Waals surface area contributed by atoms with Crippen LogP contribution in [0.15, 0.2) is 0 Å². The van der Waals surface area contributed by atoms with Gasteiger partial charge >= 0.3 is 0 Å². The first kappa shape index (κ1) is 19.9. The molecule has 0 aliphatic carbocycles. The summed E-state index contributed by atoms with van der Waals surface area (Å²) in [6.07, 6.45) is 3.31. The van der Waals surface area contributed by atoms with E-state index in [4.69, 9.17) is 24.0 Å². The Balaban J connectivity index is 4.23. The zero-order valence-electron chi connectivity index (χ0n) is 11.1. The highest BCUT2D eigenvalue weighted by Gasteiger charge is 2.15. The molecule has 0 heterocycles. The second-order valence-corrected chi connectivity index (χ2v) is 17.6. The van der Waals surface area contributed by atoms with Crippen molar-refractivity contribution in [3.8, 4) is 0 Å². The van der Waals surface area contributed by atoms with E-state index in [-0.39, 0.29) is 0 Å². The molecule has 1 atom stereocenters. The zero-order valence-corrected chi connectivity index (χ0v) is 17.0. The summed E-state index contributed by atoms with van der Waals surface area (Å²) in [6, 6.07) is 0. The van der Waals surface area contributed by atoms with Gasteiger partial charge in [0.2, 0.25) is 0 Å². The van der Waals surface area contributed by atoms with E-state index in [0.29, 0.717) is 0 Å². The van der Waals surface area contributed by atoms with Crippen molar-refractivity contribution in [2.24, 2.45) is 0 Å². The van der Waals surface area contributed by atoms with Crippen LogP contribution in [0.1, 0.15) is 33.6 Å². The summed E-state index contributed by atoms with van der Waals surface area (Å²) < 4.78 is 0.695. The van der Waals surface area contributed by atoms with Gasteiger partial charge in [0, 0.05) is 11.5 Å². The SMILES string of the molecule is CCCSN(SCCC)C(=S)CSP(=S)(S)CC. The lowest BCUT2D eigenvalue weighted by Crippen LogP contribution is -2.18. The van der Waals surface area contributed by atoms with Crippen LogP contribution in [0.5, 0.6) is 0 Å². The van der Waals surface area contributed by atoms with E-state index < -0.39 is 4.44 Å². The van der Waals surface area contributed by atoms with Crippen molar-refractivity contribution >= 4 is 81.0 Å². The fourth-order valence-electron chi connectivity index (χ4n) is 0.830. The van der Waals surface area contributed by atoms with Gasteiger partial charge in [0.15, 0.2) is 0 Å². The molecule has 0 saturated carbocycles. The lowest BCUT2D eigenvalue weighted by Gasteiger charge is -2.23. The third-order valence-corrected chi connectivity index (χ3v) is 12.9. The molecule has 0 rings (SSSR count). The van der Waals surface area contributed by atoms with Crippen molar-refractivity contribution in [2.45, 2.75) is 33.6 Å². The average Bonchev–Trinajstić information content (AvgIpc) is 2.36. The lowest BCUT2D eigenvalue weighted by atomic mass is 10.6. The van der Waals surface area contributed by atoms with E-state index in [9.17, 15) is 0 Å². The summed E-state index contributed by atoms with van der Waals surface area (Å²) in [5.74, 6) is 3.06. The summed E-state index contributed by atoms with van der Waals surface area (Å²) in [4.78, 5) is 0.994. The fourth-order valence-corrected chi connectivity index (χ4v) is 6.74. The maximum atomic E-state index is 5.52. The summed E-state index contributed by atoms with van der Waals surface area (Å²) in [5, 5.41) is 0. The van der Waals surface area contributed by atoms with Crippen molar-refractivity contribution in [2.75, 3.05) is 23.4 Å². The van der Waals surface area contributed by atoms with Crippen LogP contribution in [0.25, 0.3) is 0 Å². The number of nitrogens with zero attached hydrogens (tertiary/aromatic N) is 1. The van der Waals surface area contributed by atoms with Crippen molar-refractivity contribution in [1.82, 2.24) is 3.71 Å². The molecule has 18 heavy (non-hydrogen) atoms. The number of thiocarbonyl (C=S) groups is 1. The third kappa shape index (κ3) is 9.78. The molecule has 1 unspecified atom stereocenters. The number of thiol groups is 1. The molecule has 108 valence electrons. The topological polar surface area (TPSA) is 3.24 Å². The summed E-state index contributed by atoms with van der Waals surface area (Å²) in [6.45, 7) is 6.50. The molecule has 8 heteroatoms. The minimum Gasteiger partial charge on any atom is -0.251 e. The summed E-state index contributed by atoms with van der Waals surface area (Å²) in [5.41, 5.74) is 0. The molecule has 0 spiro atoms. The first-order valence-electron chi connectivity index (χ1n) is 6.02. The van der Waals surface area contributed by atoms with Crippen molar-refractivity contribution < 1.29 is 0 Å². The van der Waals surface area contributed by atoms with E-state index >= 15 is 0 Å². The molecule has 0 radical (unpaired) electrons. The second-order valence-electron chi connectivity index (χ2n) is 3.54. The molecule has 0 fully saturated rings. The van der Waals surface area contributed by atoms with Gasteiger partial charge in [-0.3, -0.25) is 3.71 Å². The van der Waals surface area contributed by atoms with Gasteiger partial charge in [-0.15, -0.1) is 23.6 Å². The molecule has 0 amide bonds. The van der Waals surface area contributed by atoms with Crippen LogP contribution in [0, 0.1) is 0 Å². The number of rotatable bonds is 10. The molecule has 0 aromatic carbocycles. The molecule has 1 nitrogen and oxygen atoms in total. The molecular weight excluding hydrogens is 357 g/mol. The summed E-state index contributed by atoms with van der Waals surface area (Å²) >= 11 is 21.0. The Morgan fingerprint density at radius 2 is 1.67 bits per heavy atom. The van der Waals surface area contributed by atoms with Crippen molar-refractivity contribution in [3.63, 3.8) is 0 Å². The average molecular weight is 380 g/mol. The Morgan fingerprint density at radius 1 is 1.17 bits per heavy atom. The van der Waals surface area contributed by atoms with E-state index in [1.54, 1.807) is 11.4 Å². The maximum Gasteiger partial charge on any atom is 0.110 e. The minimum absolute atomic E-state index is 0.831. The standard InChI is InChI=1S/C10H22NPS6/c1-4-7-16-11(17-8-5-2)10(13)9-18-12(14,15)6-3/h4-9H2,1-3H3,(H,14,15). The Labute approximate surface area is 141 Å². The van der Waals surface area contributed by atoms with Gasteiger partial charge in [-0.25, -0.2) is 0 Å².